The van der Waals surface area contributed by atoms with Gasteiger partial charge in [0.1, 0.15) is 5.15 Å². The smallest absolute Gasteiger partial charge is 0.221 e. The van der Waals surface area contributed by atoms with Gasteiger partial charge < -0.3 is 0 Å². The second-order valence-electron chi connectivity index (χ2n) is 3.65. The van der Waals surface area contributed by atoms with Gasteiger partial charge in [-0.15, -0.1) is 0 Å². The molecule has 7 heteroatoms. The first-order chi connectivity index (χ1) is 8.30. The van der Waals surface area contributed by atoms with Crippen LogP contribution in [0.15, 0.2) is 28.7 Å². The van der Waals surface area contributed by atoms with Crippen LogP contribution in [-0.2, 0) is 6.18 Å². The molecular weight excluding hydrogens is 332 g/mol. The molecule has 0 unspecified atom stereocenters. The van der Waals surface area contributed by atoms with Gasteiger partial charge in [-0.25, -0.2) is 4.68 Å². The van der Waals surface area contributed by atoms with E-state index in [9.17, 15) is 13.2 Å². The van der Waals surface area contributed by atoms with Gasteiger partial charge in [0.15, 0.2) is 5.69 Å². The Morgan fingerprint density at radius 1 is 1.22 bits per heavy atom. The third-order valence-corrected chi connectivity index (χ3v) is 3.36. The highest BCUT2D eigenvalue weighted by Crippen LogP contribution is 2.34. The summed E-state index contributed by atoms with van der Waals surface area (Å²) in [7, 11) is 0. The third-order valence-electron chi connectivity index (χ3n) is 2.39. The van der Waals surface area contributed by atoms with E-state index >= 15 is 0 Å². The topological polar surface area (TPSA) is 17.8 Å². The van der Waals surface area contributed by atoms with E-state index in [4.69, 9.17) is 11.6 Å². The number of rotatable bonds is 1. The van der Waals surface area contributed by atoms with E-state index in [0.717, 1.165) is 9.15 Å². The van der Waals surface area contributed by atoms with Gasteiger partial charge in [0, 0.05) is 10.0 Å². The van der Waals surface area contributed by atoms with Gasteiger partial charge in [-0.2, -0.15) is 18.3 Å². The number of hydrogen-bond acceptors (Lipinski definition) is 1. The number of aromatic nitrogens is 2. The molecule has 2 aromatic rings. The highest BCUT2D eigenvalue weighted by atomic mass is 79.9. The van der Waals surface area contributed by atoms with Crippen LogP contribution in [0, 0.1) is 6.92 Å². The maximum absolute atomic E-state index is 12.7. The maximum atomic E-state index is 12.7. The summed E-state index contributed by atoms with van der Waals surface area (Å²) < 4.78 is 39.9. The first-order valence-electron chi connectivity index (χ1n) is 4.89. The van der Waals surface area contributed by atoms with Gasteiger partial charge in [0.05, 0.1) is 5.69 Å². The van der Waals surface area contributed by atoms with Crippen molar-refractivity contribution >= 4 is 27.5 Å². The Bertz CT molecular complexity index is 575. The Hall–Kier alpha value is -1.01. The van der Waals surface area contributed by atoms with E-state index in [2.05, 4.69) is 21.0 Å². The van der Waals surface area contributed by atoms with E-state index in [1.807, 2.05) is 0 Å². The molecule has 0 aliphatic heterocycles. The van der Waals surface area contributed by atoms with E-state index in [1.165, 1.54) is 6.92 Å². The summed E-state index contributed by atoms with van der Waals surface area (Å²) in [6.07, 6.45) is -4.51. The fourth-order valence-electron chi connectivity index (χ4n) is 1.50. The van der Waals surface area contributed by atoms with Crippen LogP contribution in [0.1, 0.15) is 11.3 Å². The quantitative estimate of drug-likeness (QED) is 0.741. The standard InChI is InChI=1S/C11H7BrClF3N2/c1-6-9(11(14,15)16)17-18(10(6)13)8-4-2-7(12)3-5-8/h2-5H,1H3. The molecule has 0 radical (unpaired) electrons. The van der Waals surface area contributed by atoms with Crippen molar-refractivity contribution in [1.29, 1.82) is 0 Å². The van der Waals surface area contributed by atoms with Crippen LogP contribution < -0.4 is 0 Å². The molecule has 18 heavy (non-hydrogen) atoms. The maximum Gasteiger partial charge on any atom is 0.435 e. The number of hydrogen-bond donors (Lipinski definition) is 0. The molecule has 1 heterocycles. The van der Waals surface area contributed by atoms with Gasteiger partial charge in [-0.1, -0.05) is 27.5 Å². The van der Waals surface area contributed by atoms with Crippen molar-refractivity contribution < 1.29 is 13.2 Å². The van der Waals surface area contributed by atoms with Crippen LogP contribution in [-0.4, -0.2) is 9.78 Å². The van der Waals surface area contributed by atoms with Gasteiger partial charge in [0.2, 0.25) is 0 Å². The van der Waals surface area contributed by atoms with E-state index in [0.29, 0.717) is 5.69 Å². The average molecular weight is 340 g/mol. The molecule has 0 atom stereocenters. The normalized spacial score (nSPS) is 11.9. The first-order valence-corrected chi connectivity index (χ1v) is 6.06. The molecule has 2 nitrogen and oxygen atoms in total. The lowest BCUT2D eigenvalue weighted by Gasteiger charge is -2.03. The van der Waals surface area contributed by atoms with E-state index in [-0.39, 0.29) is 10.7 Å². The minimum Gasteiger partial charge on any atom is -0.221 e. The molecule has 0 saturated carbocycles. The van der Waals surface area contributed by atoms with Crippen LogP contribution in [0.4, 0.5) is 13.2 Å². The molecule has 0 saturated heterocycles. The minimum atomic E-state index is -4.51. The Morgan fingerprint density at radius 2 is 1.78 bits per heavy atom. The van der Waals surface area contributed by atoms with Crippen molar-refractivity contribution in [1.82, 2.24) is 9.78 Å². The van der Waals surface area contributed by atoms with Crippen molar-refractivity contribution in [2.24, 2.45) is 0 Å². The lowest BCUT2D eigenvalue weighted by molar-refractivity contribution is -0.141. The summed E-state index contributed by atoms with van der Waals surface area (Å²) in [4.78, 5) is 0. The van der Waals surface area contributed by atoms with E-state index in [1.54, 1.807) is 24.3 Å². The fourth-order valence-corrected chi connectivity index (χ4v) is 1.99. The molecule has 0 fully saturated rings. The second-order valence-corrected chi connectivity index (χ2v) is 4.92. The van der Waals surface area contributed by atoms with Crippen molar-refractivity contribution in [3.05, 3.63) is 45.1 Å². The zero-order valence-electron chi connectivity index (χ0n) is 9.09. The van der Waals surface area contributed by atoms with Gasteiger partial charge >= 0.3 is 6.18 Å². The molecule has 0 bridgehead atoms. The lowest BCUT2D eigenvalue weighted by atomic mass is 10.3. The van der Waals surface area contributed by atoms with Crippen LogP contribution >= 0.6 is 27.5 Å². The highest BCUT2D eigenvalue weighted by molar-refractivity contribution is 9.10. The Balaban J connectivity index is 2.56. The van der Waals surface area contributed by atoms with Gasteiger partial charge in [-0.3, -0.25) is 0 Å². The molecule has 0 N–H and O–H groups in total. The van der Waals surface area contributed by atoms with Crippen molar-refractivity contribution in [3.8, 4) is 5.69 Å². The van der Waals surface area contributed by atoms with Crippen molar-refractivity contribution in [2.45, 2.75) is 13.1 Å². The van der Waals surface area contributed by atoms with Crippen LogP contribution in [0.25, 0.3) is 5.69 Å². The minimum absolute atomic E-state index is 0.0374. The monoisotopic (exact) mass is 338 g/mol. The Kier molecular flexibility index (Phi) is 3.42. The zero-order valence-corrected chi connectivity index (χ0v) is 11.4. The largest absolute Gasteiger partial charge is 0.435 e. The van der Waals surface area contributed by atoms with Crippen molar-refractivity contribution in [2.75, 3.05) is 0 Å². The molecule has 0 aliphatic rings. The summed E-state index contributed by atoms with van der Waals surface area (Å²) >= 11 is 9.13. The molecule has 96 valence electrons. The first kappa shape index (κ1) is 13.4. The molecule has 0 amide bonds. The zero-order chi connectivity index (χ0) is 13.5. The molecule has 1 aromatic carbocycles. The number of benzene rings is 1. The van der Waals surface area contributed by atoms with E-state index < -0.39 is 11.9 Å². The lowest BCUT2D eigenvalue weighted by Crippen LogP contribution is -2.08. The third kappa shape index (κ3) is 2.40. The summed E-state index contributed by atoms with van der Waals surface area (Å²) in [5, 5.41) is 3.49. The van der Waals surface area contributed by atoms with Crippen LogP contribution in [0.3, 0.4) is 0 Å². The Morgan fingerprint density at radius 3 is 2.22 bits per heavy atom. The fraction of sp³-hybridized carbons (Fsp3) is 0.182. The highest BCUT2D eigenvalue weighted by Gasteiger charge is 2.37. The molecule has 0 spiro atoms. The molecular formula is C11H7BrClF3N2. The summed E-state index contributed by atoms with van der Waals surface area (Å²) in [6.45, 7) is 1.30. The molecule has 1 aromatic heterocycles. The predicted molar refractivity (Wildman–Crippen MR) is 66.0 cm³/mol. The molecule has 2 rings (SSSR count). The van der Waals surface area contributed by atoms with Crippen molar-refractivity contribution in [3.63, 3.8) is 0 Å². The average Bonchev–Trinajstić information content (AvgIpc) is 2.57. The second kappa shape index (κ2) is 4.59. The predicted octanol–water partition coefficient (Wildman–Crippen LogP) is 4.62. The SMILES string of the molecule is Cc1c(C(F)(F)F)nn(-c2ccc(Br)cc2)c1Cl. The summed E-state index contributed by atoms with van der Waals surface area (Å²) in [5.74, 6) is 0. The molecule has 0 aliphatic carbocycles. The van der Waals surface area contributed by atoms with Gasteiger partial charge in [0.25, 0.3) is 0 Å². The number of nitrogens with zero attached hydrogens (tertiary/aromatic N) is 2. The Labute approximate surface area is 114 Å². The van der Waals surface area contributed by atoms with Crippen LogP contribution in [0.5, 0.6) is 0 Å². The van der Waals surface area contributed by atoms with Crippen LogP contribution in [0.2, 0.25) is 5.15 Å². The summed E-state index contributed by atoms with van der Waals surface area (Å²) in [5.41, 5.74) is -0.565. The number of halogens is 5. The van der Waals surface area contributed by atoms with Gasteiger partial charge in [-0.05, 0) is 31.2 Å². The summed E-state index contributed by atoms with van der Waals surface area (Å²) in [6, 6.07) is 6.66. The number of alkyl halides is 3.